The third-order valence-electron chi connectivity index (χ3n) is 4.77. The lowest BCUT2D eigenvalue weighted by Gasteiger charge is -2.28. The maximum Gasteiger partial charge on any atom is 0.277 e. The van der Waals surface area contributed by atoms with E-state index in [0.717, 1.165) is 37.9 Å². The zero-order valence-corrected chi connectivity index (χ0v) is 14.2. The number of carbonyl (C=O) groups excluding carboxylic acids is 2. The normalized spacial score (nSPS) is 21.0. The molecule has 0 radical (unpaired) electrons. The number of amides is 2. The highest BCUT2D eigenvalue weighted by Gasteiger charge is 2.27. The van der Waals surface area contributed by atoms with Gasteiger partial charge in [-0.2, -0.15) is 0 Å². The third-order valence-corrected chi connectivity index (χ3v) is 4.77. The van der Waals surface area contributed by atoms with Gasteiger partial charge in [-0.1, -0.05) is 31.2 Å². The fourth-order valence-electron chi connectivity index (χ4n) is 3.08. The van der Waals surface area contributed by atoms with E-state index < -0.39 is 0 Å². The van der Waals surface area contributed by atoms with E-state index in [1.54, 1.807) is 4.90 Å². The molecule has 0 saturated carbocycles. The van der Waals surface area contributed by atoms with Crippen molar-refractivity contribution < 1.29 is 14.5 Å². The Kier molecular flexibility index (Phi) is 6.16. The van der Waals surface area contributed by atoms with E-state index in [2.05, 4.69) is 31.2 Å². The van der Waals surface area contributed by atoms with Crippen molar-refractivity contribution in [2.75, 3.05) is 26.7 Å². The number of aryl methyl sites for hydroxylation is 1. The average molecular weight is 318 g/mol. The van der Waals surface area contributed by atoms with Gasteiger partial charge in [0.1, 0.15) is 0 Å². The van der Waals surface area contributed by atoms with Crippen molar-refractivity contribution in [2.45, 2.75) is 32.7 Å². The molecule has 2 rings (SSSR count). The van der Waals surface area contributed by atoms with Crippen LogP contribution in [0.1, 0.15) is 30.9 Å². The quantitative estimate of drug-likeness (QED) is 0.774. The van der Waals surface area contributed by atoms with Crippen LogP contribution in [0, 0.1) is 5.92 Å². The SMILES string of the molecule is CCc1ccc(CN(C)C(=O)C[NH+]2CCC(C(N)=O)CC2)cc1. The first kappa shape index (κ1) is 17.5. The minimum Gasteiger partial charge on any atom is -0.369 e. The number of nitrogens with one attached hydrogen (secondary N) is 1. The van der Waals surface area contributed by atoms with E-state index in [-0.39, 0.29) is 17.7 Å². The summed E-state index contributed by atoms with van der Waals surface area (Å²) in [6.45, 7) is 4.96. The summed E-state index contributed by atoms with van der Waals surface area (Å²) in [5.41, 5.74) is 7.81. The lowest BCUT2D eigenvalue weighted by atomic mass is 9.96. The number of hydrogen-bond donors (Lipinski definition) is 2. The van der Waals surface area contributed by atoms with E-state index >= 15 is 0 Å². The molecule has 5 heteroatoms. The van der Waals surface area contributed by atoms with Gasteiger partial charge in [0.15, 0.2) is 6.54 Å². The van der Waals surface area contributed by atoms with Crippen molar-refractivity contribution in [3.05, 3.63) is 35.4 Å². The highest BCUT2D eigenvalue weighted by molar-refractivity contribution is 5.77. The number of quaternary nitrogens is 1. The number of carbonyl (C=O) groups is 2. The molecule has 0 aromatic heterocycles. The molecule has 3 N–H and O–H groups in total. The molecule has 5 nitrogen and oxygen atoms in total. The highest BCUT2D eigenvalue weighted by Crippen LogP contribution is 2.09. The number of nitrogens with two attached hydrogens (primary N) is 1. The van der Waals surface area contributed by atoms with Gasteiger partial charge in [0.05, 0.1) is 13.1 Å². The Morgan fingerprint density at radius 1 is 1.17 bits per heavy atom. The zero-order chi connectivity index (χ0) is 16.8. The molecule has 0 spiro atoms. The molecule has 0 atom stereocenters. The molecule has 23 heavy (non-hydrogen) atoms. The molecule has 1 aliphatic rings. The molecule has 0 unspecified atom stereocenters. The summed E-state index contributed by atoms with van der Waals surface area (Å²) in [5.74, 6) is -0.0659. The molecular formula is C18H28N3O2+. The molecule has 1 aromatic carbocycles. The maximum atomic E-state index is 12.4. The minimum absolute atomic E-state index is 0.0105. The van der Waals surface area contributed by atoms with Crippen molar-refractivity contribution in [3.8, 4) is 0 Å². The van der Waals surface area contributed by atoms with Crippen molar-refractivity contribution in [3.63, 3.8) is 0 Å². The van der Waals surface area contributed by atoms with Crippen LogP contribution in [0.4, 0.5) is 0 Å². The maximum absolute atomic E-state index is 12.4. The van der Waals surface area contributed by atoms with Crippen LogP contribution in [-0.2, 0) is 22.6 Å². The first-order valence-corrected chi connectivity index (χ1v) is 8.44. The molecule has 2 amide bonds. The number of likely N-dealkylation sites (N-methyl/N-ethyl adjacent to an activating group) is 1. The predicted molar refractivity (Wildman–Crippen MR) is 89.8 cm³/mol. The number of benzene rings is 1. The van der Waals surface area contributed by atoms with Gasteiger partial charge in [-0.05, 0) is 17.5 Å². The summed E-state index contributed by atoms with van der Waals surface area (Å²) in [5, 5.41) is 0. The number of primary amides is 1. The van der Waals surface area contributed by atoms with Crippen LogP contribution < -0.4 is 10.6 Å². The summed E-state index contributed by atoms with van der Waals surface area (Å²) in [4.78, 5) is 26.6. The Hall–Kier alpha value is -1.88. The lowest BCUT2D eigenvalue weighted by molar-refractivity contribution is -0.898. The van der Waals surface area contributed by atoms with E-state index in [9.17, 15) is 9.59 Å². The van der Waals surface area contributed by atoms with Gasteiger partial charge in [-0.3, -0.25) is 9.59 Å². The van der Waals surface area contributed by atoms with E-state index in [0.29, 0.717) is 13.1 Å². The van der Waals surface area contributed by atoms with Crippen LogP contribution in [-0.4, -0.2) is 43.4 Å². The van der Waals surface area contributed by atoms with Crippen LogP contribution >= 0.6 is 0 Å². The van der Waals surface area contributed by atoms with Crippen LogP contribution in [0.15, 0.2) is 24.3 Å². The largest absolute Gasteiger partial charge is 0.369 e. The van der Waals surface area contributed by atoms with Crippen LogP contribution in [0.3, 0.4) is 0 Å². The summed E-state index contributed by atoms with van der Waals surface area (Å²) < 4.78 is 0. The summed E-state index contributed by atoms with van der Waals surface area (Å²) in [6.07, 6.45) is 2.61. The van der Waals surface area contributed by atoms with Crippen molar-refractivity contribution in [1.29, 1.82) is 0 Å². The molecular weight excluding hydrogens is 290 g/mol. The molecule has 0 aliphatic carbocycles. The van der Waals surface area contributed by atoms with Gasteiger partial charge in [-0.25, -0.2) is 0 Å². The number of hydrogen-bond acceptors (Lipinski definition) is 2. The number of piperidine rings is 1. The molecule has 0 bridgehead atoms. The topological polar surface area (TPSA) is 67.8 Å². The zero-order valence-electron chi connectivity index (χ0n) is 14.2. The third kappa shape index (κ3) is 5.06. The fourth-order valence-corrected chi connectivity index (χ4v) is 3.08. The van der Waals surface area contributed by atoms with Crippen molar-refractivity contribution >= 4 is 11.8 Å². The van der Waals surface area contributed by atoms with E-state index in [1.165, 1.54) is 10.5 Å². The monoisotopic (exact) mass is 318 g/mol. The van der Waals surface area contributed by atoms with Crippen LogP contribution in [0.2, 0.25) is 0 Å². The number of nitrogens with zero attached hydrogens (tertiary/aromatic N) is 1. The smallest absolute Gasteiger partial charge is 0.277 e. The molecule has 126 valence electrons. The van der Waals surface area contributed by atoms with Crippen LogP contribution in [0.5, 0.6) is 0 Å². The van der Waals surface area contributed by atoms with Crippen molar-refractivity contribution in [1.82, 2.24) is 4.90 Å². The van der Waals surface area contributed by atoms with E-state index in [4.69, 9.17) is 5.73 Å². The standard InChI is InChI=1S/C18H27N3O2/c1-3-14-4-6-15(7-5-14)12-20(2)17(22)13-21-10-8-16(9-11-21)18(19)23/h4-7,16H,3,8-13H2,1-2H3,(H2,19,23)/p+1. The summed E-state index contributed by atoms with van der Waals surface area (Å²) in [7, 11) is 1.85. The minimum atomic E-state index is -0.206. The second-order valence-electron chi connectivity index (χ2n) is 6.52. The van der Waals surface area contributed by atoms with Gasteiger partial charge >= 0.3 is 0 Å². The second kappa shape index (κ2) is 8.11. The second-order valence-corrected chi connectivity index (χ2v) is 6.52. The van der Waals surface area contributed by atoms with Gasteiger partial charge in [0, 0.05) is 32.4 Å². The van der Waals surface area contributed by atoms with Gasteiger partial charge in [0.25, 0.3) is 5.91 Å². The molecule has 1 aromatic rings. The highest BCUT2D eigenvalue weighted by atomic mass is 16.2. The first-order chi connectivity index (χ1) is 11.0. The van der Waals surface area contributed by atoms with Crippen LogP contribution in [0.25, 0.3) is 0 Å². The number of likely N-dealkylation sites (tertiary alicyclic amines) is 1. The Labute approximate surface area is 138 Å². The predicted octanol–water partition coefficient (Wildman–Crippen LogP) is -0.0124. The Bertz CT molecular complexity index is 534. The Morgan fingerprint density at radius 3 is 2.26 bits per heavy atom. The molecule has 1 heterocycles. The van der Waals surface area contributed by atoms with Crippen molar-refractivity contribution in [2.24, 2.45) is 11.7 Å². The summed E-state index contributed by atoms with van der Waals surface area (Å²) >= 11 is 0. The summed E-state index contributed by atoms with van der Waals surface area (Å²) in [6, 6.07) is 8.42. The molecule has 1 fully saturated rings. The first-order valence-electron chi connectivity index (χ1n) is 8.44. The molecule has 1 aliphatic heterocycles. The Morgan fingerprint density at radius 2 is 1.74 bits per heavy atom. The van der Waals surface area contributed by atoms with Gasteiger partial charge in [0.2, 0.25) is 5.91 Å². The number of rotatable bonds is 6. The van der Waals surface area contributed by atoms with Gasteiger partial charge in [-0.15, -0.1) is 0 Å². The molecule has 1 saturated heterocycles. The fraction of sp³-hybridized carbons (Fsp3) is 0.556. The van der Waals surface area contributed by atoms with E-state index in [1.807, 2.05) is 7.05 Å². The average Bonchev–Trinajstić information content (AvgIpc) is 2.56. The van der Waals surface area contributed by atoms with Gasteiger partial charge < -0.3 is 15.5 Å². The Balaban J connectivity index is 1.79. The lowest BCUT2D eigenvalue weighted by Crippen LogP contribution is -3.14.